The highest BCUT2D eigenvalue weighted by Crippen LogP contribution is 2.45. The molecule has 19 heavy (non-hydrogen) atoms. The van der Waals surface area contributed by atoms with E-state index in [9.17, 15) is 0 Å². The summed E-state index contributed by atoms with van der Waals surface area (Å²) in [5.41, 5.74) is 0.910. The molecule has 1 unspecified atom stereocenters. The van der Waals surface area contributed by atoms with Crippen molar-refractivity contribution in [3.8, 4) is 11.5 Å². The molecule has 1 aliphatic carbocycles. The normalized spacial score (nSPS) is 18.5. The first kappa shape index (κ1) is 14.5. The minimum Gasteiger partial charge on any atom is -0.497 e. The molecule has 1 aliphatic rings. The third-order valence-electron chi connectivity index (χ3n) is 4.02. The highest BCUT2D eigenvalue weighted by atomic mass is 35.5. The number of halogens is 1. The van der Waals surface area contributed by atoms with Crippen molar-refractivity contribution < 1.29 is 14.2 Å². The lowest BCUT2D eigenvalue weighted by Crippen LogP contribution is -2.39. The second-order valence-corrected chi connectivity index (χ2v) is 5.55. The fourth-order valence-corrected chi connectivity index (χ4v) is 3.04. The van der Waals surface area contributed by atoms with Gasteiger partial charge >= 0.3 is 0 Å². The Morgan fingerprint density at radius 1 is 1.21 bits per heavy atom. The predicted octanol–water partition coefficient (Wildman–Crippen LogP) is 3.94. The standard InChI is InChI=1S/C15H21ClO3/c1-17-11-5-6-14(18-2)12(9-11)13(16)10-15(19-3)7-4-8-15/h5-6,9,13H,4,7-8,10H2,1-3H3. The second-order valence-electron chi connectivity index (χ2n) is 5.02. The Balaban J connectivity index is 2.19. The van der Waals surface area contributed by atoms with Crippen LogP contribution in [0.4, 0.5) is 0 Å². The quantitative estimate of drug-likeness (QED) is 0.741. The molecule has 1 saturated carbocycles. The number of alkyl halides is 1. The van der Waals surface area contributed by atoms with Gasteiger partial charge in [-0.25, -0.2) is 0 Å². The Kier molecular flexibility index (Phi) is 4.58. The summed E-state index contributed by atoms with van der Waals surface area (Å²) in [6.45, 7) is 0. The molecule has 0 heterocycles. The van der Waals surface area contributed by atoms with Gasteiger partial charge in [0, 0.05) is 12.7 Å². The summed E-state index contributed by atoms with van der Waals surface area (Å²) in [7, 11) is 5.08. The van der Waals surface area contributed by atoms with Gasteiger partial charge in [-0.15, -0.1) is 11.6 Å². The minimum atomic E-state index is -0.134. The Labute approximate surface area is 119 Å². The van der Waals surface area contributed by atoms with Crippen LogP contribution >= 0.6 is 11.6 Å². The van der Waals surface area contributed by atoms with Crippen LogP contribution in [-0.2, 0) is 4.74 Å². The van der Waals surface area contributed by atoms with Crippen LogP contribution in [0.5, 0.6) is 11.5 Å². The zero-order valence-corrected chi connectivity index (χ0v) is 12.5. The van der Waals surface area contributed by atoms with Crippen molar-refractivity contribution in [1.82, 2.24) is 0 Å². The fourth-order valence-electron chi connectivity index (χ4n) is 2.58. The van der Waals surface area contributed by atoms with Crippen molar-refractivity contribution in [1.29, 1.82) is 0 Å². The Bertz CT molecular complexity index is 424. The van der Waals surface area contributed by atoms with Crippen LogP contribution in [0.15, 0.2) is 18.2 Å². The van der Waals surface area contributed by atoms with E-state index in [1.165, 1.54) is 6.42 Å². The molecule has 0 aliphatic heterocycles. The number of ether oxygens (including phenoxy) is 3. The SMILES string of the molecule is COc1ccc(OC)c(C(Cl)CC2(OC)CCC2)c1. The van der Waals surface area contributed by atoms with Gasteiger partial charge in [-0.2, -0.15) is 0 Å². The van der Waals surface area contributed by atoms with Crippen LogP contribution in [0.1, 0.15) is 36.6 Å². The van der Waals surface area contributed by atoms with E-state index >= 15 is 0 Å². The first-order chi connectivity index (χ1) is 9.14. The number of methoxy groups -OCH3 is 3. The first-order valence-electron chi connectivity index (χ1n) is 6.55. The maximum Gasteiger partial charge on any atom is 0.123 e. The lowest BCUT2D eigenvalue weighted by molar-refractivity contribution is -0.0780. The monoisotopic (exact) mass is 284 g/mol. The average Bonchev–Trinajstić information content (AvgIpc) is 2.41. The van der Waals surface area contributed by atoms with Crippen molar-refractivity contribution in [2.75, 3.05) is 21.3 Å². The van der Waals surface area contributed by atoms with Gasteiger partial charge < -0.3 is 14.2 Å². The van der Waals surface area contributed by atoms with Gasteiger partial charge in [0.05, 0.1) is 25.2 Å². The lowest BCUT2D eigenvalue weighted by Gasteiger charge is -2.42. The van der Waals surface area contributed by atoms with Gasteiger partial charge in [-0.05, 0) is 43.9 Å². The van der Waals surface area contributed by atoms with Crippen molar-refractivity contribution in [2.24, 2.45) is 0 Å². The van der Waals surface area contributed by atoms with Crippen molar-refractivity contribution in [2.45, 2.75) is 36.7 Å². The van der Waals surface area contributed by atoms with Gasteiger partial charge in [0.2, 0.25) is 0 Å². The maximum absolute atomic E-state index is 6.58. The molecule has 0 radical (unpaired) electrons. The predicted molar refractivity (Wildman–Crippen MR) is 76.3 cm³/mol. The summed E-state index contributed by atoms with van der Waals surface area (Å²) in [6.07, 6.45) is 4.18. The summed E-state index contributed by atoms with van der Waals surface area (Å²) in [6, 6.07) is 5.71. The van der Waals surface area contributed by atoms with Gasteiger partial charge in [-0.3, -0.25) is 0 Å². The number of hydrogen-bond donors (Lipinski definition) is 0. The van der Waals surface area contributed by atoms with Crippen LogP contribution in [0.25, 0.3) is 0 Å². The summed E-state index contributed by atoms with van der Waals surface area (Å²) < 4.78 is 16.3. The van der Waals surface area contributed by atoms with E-state index in [0.29, 0.717) is 0 Å². The molecule has 1 aromatic carbocycles. The third kappa shape index (κ3) is 2.98. The molecule has 0 aromatic heterocycles. The molecule has 2 rings (SSSR count). The number of hydrogen-bond acceptors (Lipinski definition) is 3. The summed E-state index contributed by atoms with van der Waals surface area (Å²) >= 11 is 6.58. The molecule has 0 saturated heterocycles. The highest BCUT2D eigenvalue weighted by molar-refractivity contribution is 6.21. The van der Waals surface area contributed by atoms with E-state index in [0.717, 1.165) is 36.3 Å². The van der Waals surface area contributed by atoms with E-state index in [2.05, 4.69) is 0 Å². The Morgan fingerprint density at radius 2 is 1.95 bits per heavy atom. The van der Waals surface area contributed by atoms with Crippen LogP contribution < -0.4 is 9.47 Å². The third-order valence-corrected chi connectivity index (χ3v) is 4.41. The largest absolute Gasteiger partial charge is 0.497 e. The van der Waals surface area contributed by atoms with Crippen molar-refractivity contribution in [3.05, 3.63) is 23.8 Å². The van der Waals surface area contributed by atoms with E-state index in [-0.39, 0.29) is 11.0 Å². The summed E-state index contributed by atoms with van der Waals surface area (Å²) in [5.74, 6) is 1.59. The molecule has 0 spiro atoms. The zero-order chi connectivity index (χ0) is 13.9. The van der Waals surface area contributed by atoms with Gasteiger partial charge in [0.25, 0.3) is 0 Å². The minimum absolute atomic E-state index is 0.0551. The zero-order valence-electron chi connectivity index (χ0n) is 11.7. The van der Waals surface area contributed by atoms with Crippen LogP contribution in [-0.4, -0.2) is 26.9 Å². The van der Waals surface area contributed by atoms with Gasteiger partial charge in [0.15, 0.2) is 0 Å². The molecular weight excluding hydrogens is 264 g/mol. The maximum atomic E-state index is 6.58. The average molecular weight is 285 g/mol. The van der Waals surface area contributed by atoms with Gasteiger partial charge in [-0.1, -0.05) is 0 Å². The molecular formula is C15H21ClO3. The molecule has 1 atom stereocenters. The van der Waals surface area contributed by atoms with E-state index in [4.69, 9.17) is 25.8 Å². The number of rotatable bonds is 6. The Hall–Kier alpha value is -0.930. The smallest absolute Gasteiger partial charge is 0.123 e. The molecule has 0 bridgehead atoms. The number of benzene rings is 1. The molecule has 4 heteroatoms. The Morgan fingerprint density at radius 3 is 2.42 bits per heavy atom. The molecule has 0 N–H and O–H groups in total. The van der Waals surface area contributed by atoms with Crippen LogP contribution in [0, 0.1) is 0 Å². The molecule has 3 nitrogen and oxygen atoms in total. The van der Waals surface area contributed by atoms with E-state index < -0.39 is 0 Å². The second kappa shape index (κ2) is 6.02. The topological polar surface area (TPSA) is 27.7 Å². The van der Waals surface area contributed by atoms with Crippen molar-refractivity contribution >= 4 is 11.6 Å². The lowest BCUT2D eigenvalue weighted by atomic mass is 9.76. The van der Waals surface area contributed by atoms with Crippen LogP contribution in [0.2, 0.25) is 0 Å². The fraction of sp³-hybridized carbons (Fsp3) is 0.600. The highest BCUT2D eigenvalue weighted by Gasteiger charge is 2.39. The van der Waals surface area contributed by atoms with E-state index in [1.807, 2.05) is 18.2 Å². The summed E-state index contributed by atoms with van der Waals surface area (Å²) in [5, 5.41) is -0.134. The first-order valence-corrected chi connectivity index (χ1v) is 6.99. The molecule has 106 valence electrons. The molecule has 0 amide bonds. The van der Waals surface area contributed by atoms with Gasteiger partial charge in [0.1, 0.15) is 11.5 Å². The van der Waals surface area contributed by atoms with Crippen molar-refractivity contribution in [3.63, 3.8) is 0 Å². The molecule has 1 aromatic rings. The van der Waals surface area contributed by atoms with Crippen LogP contribution in [0.3, 0.4) is 0 Å². The summed E-state index contributed by atoms with van der Waals surface area (Å²) in [4.78, 5) is 0. The molecule has 1 fully saturated rings. The van der Waals surface area contributed by atoms with E-state index in [1.54, 1.807) is 21.3 Å².